The molecule has 0 N–H and O–H groups in total. The van der Waals surface area contributed by atoms with Crippen molar-refractivity contribution in [1.29, 1.82) is 0 Å². The van der Waals surface area contributed by atoms with E-state index >= 15 is 0 Å². The van der Waals surface area contributed by atoms with Gasteiger partial charge in [-0.15, -0.1) is 0 Å². The summed E-state index contributed by atoms with van der Waals surface area (Å²) in [6.07, 6.45) is 0.862. The highest BCUT2D eigenvalue weighted by Gasteiger charge is 2.35. The second kappa shape index (κ2) is 7.64. The highest BCUT2D eigenvalue weighted by molar-refractivity contribution is 5.84. The monoisotopic (exact) mass is 329 g/mol. The van der Waals surface area contributed by atoms with Gasteiger partial charge in [0, 0.05) is 20.8 Å². The van der Waals surface area contributed by atoms with Gasteiger partial charge in [0.2, 0.25) is 0 Å². The molecule has 1 aliphatic rings. The van der Waals surface area contributed by atoms with Crippen molar-refractivity contribution < 1.29 is 19.0 Å². The van der Waals surface area contributed by atoms with Gasteiger partial charge in [0.25, 0.3) is 5.91 Å². The molecule has 0 bridgehead atoms. The van der Waals surface area contributed by atoms with Gasteiger partial charge in [0.05, 0.1) is 18.8 Å². The van der Waals surface area contributed by atoms with Crippen LogP contribution in [0.4, 0.5) is 0 Å². The number of nitrogens with zero attached hydrogens (tertiary/aromatic N) is 1. The molecular weight excluding hydrogens is 306 g/mol. The fourth-order valence-electron chi connectivity index (χ4n) is 3.19. The number of likely N-dealkylation sites (tertiary alicyclic amines) is 1. The lowest BCUT2D eigenvalue weighted by Crippen LogP contribution is -2.41. The average Bonchev–Trinajstić information content (AvgIpc) is 3.03. The average molecular weight is 329 g/mol. The van der Waals surface area contributed by atoms with Gasteiger partial charge in [0.1, 0.15) is 5.75 Å². The second-order valence-electron chi connectivity index (χ2n) is 6.05. The third-order valence-electron chi connectivity index (χ3n) is 4.47. The zero-order valence-corrected chi connectivity index (χ0v) is 14.1. The summed E-state index contributed by atoms with van der Waals surface area (Å²) in [6.45, 7) is 1.13. The summed E-state index contributed by atoms with van der Waals surface area (Å²) in [5.74, 6) is 0.664. The van der Waals surface area contributed by atoms with Crippen LogP contribution in [0.2, 0.25) is 0 Å². The van der Waals surface area contributed by atoms with E-state index in [1.54, 1.807) is 19.1 Å². The summed E-state index contributed by atoms with van der Waals surface area (Å²) in [5.41, 5.74) is 0. The van der Waals surface area contributed by atoms with Gasteiger partial charge in [-0.2, -0.15) is 0 Å². The minimum atomic E-state index is -0.0373. The van der Waals surface area contributed by atoms with E-state index in [0.29, 0.717) is 18.9 Å². The van der Waals surface area contributed by atoms with E-state index in [2.05, 4.69) is 6.07 Å². The number of fused-ring (bicyclic) bond motifs is 1. The van der Waals surface area contributed by atoms with E-state index in [0.717, 1.165) is 17.2 Å². The molecule has 2 aromatic carbocycles. The van der Waals surface area contributed by atoms with E-state index in [4.69, 9.17) is 14.2 Å². The Labute approximate surface area is 142 Å². The molecular formula is C19H23NO4. The van der Waals surface area contributed by atoms with Gasteiger partial charge in [-0.1, -0.05) is 30.3 Å². The van der Waals surface area contributed by atoms with Crippen molar-refractivity contribution in [1.82, 2.24) is 4.90 Å². The molecule has 2 atom stereocenters. The molecule has 1 heterocycles. The lowest BCUT2D eigenvalue weighted by Gasteiger charge is -2.23. The first-order valence-corrected chi connectivity index (χ1v) is 8.14. The maximum absolute atomic E-state index is 12.5. The van der Waals surface area contributed by atoms with Crippen LogP contribution in [0.15, 0.2) is 42.5 Å². The first-order chi connectivity index (χ1) is 11.7. The molecule has 0 aromatic heterocycles. The zero-order chi connectivity index (χ0) is 16.9. The molecule has 0 saturated carbocycles. The van der Waals surface area contributed by atoms with E-state index in [9.17, 15) is 4.79 Å². The second-order valence-corrected chi connectivity index (χ2v) is 6.05. The fraction of sp³-hybridized carbons (Fsp3) is 0.421. The van der Waals surface area contributed by atoms with Gasteiger partial charge < -0.3 is 19.1 Å². The van der Waals surface area contributed by atoms with Crippen LogP contribution in [0.3, 0.4) is 0 Å². The molecule has 5 heteroatoms. The molecule has 1 aliphatic heterocycles. The maximum atomic E-state index is 12.5. The third-order valence-corrected chi connectivity index (χ3v) is 4.47. The van der Waals surface area contributed by atoms with Crippen LogP contribution in [0.5, 0.6) is 5.75 Å². The molecule has 3 rings (SSSR count). The molecule has 1 amide bonds. The first kappa shape index (κ1) is 16.7. The number of carbonyl (C=O) groups is 1. The first-order valence-electron chi connectivity index (χ1n) is 8.14. The van der Waals surface area contributed by atoms with E-state index in [-0.39, 0.29) is 24.7 Å². The van der Waals surface area contributed by atoms with Crippen LogP contribution in [-0.2, 0) is 14.3 Å². The van der Waals surface area contributed by atoms with Crippen molar-refractivity contribution in [2.24, 2.45) is 0 Å². The predicted molar refractivity (Wildman–Crippen MR) is 92.2 cm³/mol. The predicted octanol–water partition coefficient (Wildman–Crippen LogP) is 2.48. The Hall–Kier alpha value is -2.11. The largest absolute Gasteiger partial charge is 0.484 e. The summed E-state index contributed by atoms with van der Waals surface area (Å²) in [6, 6.07) is 14.0. The number of methoxy groups -OCH3 is 2. The molecule has 0 radical (unpaired) electrons. The number of hydrogen-bond donors (Lipinski definition) is 0. The van der Waals surface area contributed by atoms with Gasteiger partial charge >= 0.3 is 0 Å². The topological polar surface area (TPSA) is 48.0 Å². The molecule has 2 aromatic rings. The van der Waals surface area contributed by atoms with Crippen molar-refractivity contribution in [2.75, 3.05) is 34.0 Å². The van der Waals surface area contributed by atoms with Crippen molar-refractivity contribution in [3.63, 3.8) is 0 Å². The van der Waals surface area contributed by atoms with Crippen LogP contribution >= 0.6 is 0 Å². The molecule has 1 fully saturated rings. The Kier molecular flexibility index (Phi) is 5.33. The van der Waals surface area contributed by atoms with Crippen molar-refractivity contribution >= 4 is 16.7 Å². The van der Waals surface area contributed by atoms with Gasteiger partial charge in [-0.05, 0) is 29.3 Å². The summed E-state index contributed by atoms with van der Waals surface area (Å²) >= 11 is 0. The standard InChI is InChI=1S/C19H23NO4/c1-22-12-16-10-18(23-2)11-20(16)19(21)13-24-17-8-7-14-5-3-4-6-15(14)9-17/h3-9,16,18H,10-13H2,1-2H3/t16-,18-/m0/s1. The highest BCUT2D eigenvalue weighted by Crippen LogP contribution is 2.22. The van der Waals surface area contributed by atoms with Crippen LogP contribution in [0.25, 0.3) is 10.8 Å². The fourth-order valence-corrected chi connectivity index (χ4v) is 3.19. The quantitative estimate of drug-likeness (QED) is 0.817. The Bertz CT molecular complexity index is 703. The Morgan fingerprint density at radius 1 is 1.17 bits per heavy atom. The van der Waals surface area contributed by atoms with Crippen LogP contribution in [-0.4, -0.2) is 56.9 Å². The number of rotatable bonds is 6. The van der Waals surface area contributed by atoms with Crippen LogP contribution in [0.1, 0.15) is 6.42 Å². The lowest BCUT2D eigenvalue weighted by molar-refractivity contribution is -0.135. The molecule has 0 aliphatic carbocycles. The molecule has 24 heavy (non-hydrogen) atoms. The molecule has 1 saturated heterocycles. The number of amides is 1. The maximum Gasteiger partial charge on any atom is 0.260 e. The smallest absolute Gasteiger partial charge is 0.260 e. The minimum Gasteiger partial charge on any atom is -0.484 e. The van der Waals surface area contributed by atoms with E-state index in [1.807, 2.05) is 36.4 Å². The SMILES string of the molecule is COC[C@@H]1C[C@H](OC)CN1C(=O)COc1ccc2ccccc2c1. The highest BCUT2D eigenvalue weighted by atomic mass is 16.5. The third kappa shape index (κ3) is 3.68. The molecule has 0 spiro atoms. The van der Waals surface area contributed by atoms with Crippen molar-refractivity contribution in [3.05, 3.63) is 42.5 Å². The van der Waals surface area contributed by atoms with Crippen molar-refractivity contribution in [2.45, 2.75) is 18.6 Å². The lowest BCUT2D eigenvalue weighted by atomic mass is 10.1. The van der Waals surface area contributed by atoms with Gasteiger partial charge in [-0.25, -0.2) is 0 Å². The normalized spacial score (nSPS) is 20.5. The molecule has 0 unspecified atom stereocenters. The number of benzene rings is 2. The summed E-state index contributed by atoms with van der Waals surface area (Å²) < 4.78 is 16.3. The number of carbonyl (C=O) groups excluding carboxylic acids is 1. The zero-order valence-electron chi connectivity index (χ0n) is 14.1. The summed E-state index contributed by atoms with van der Waals surface area (Å²) in [4.78, 5) is 14.3. The summed E-state index contributed by atoms with van der Waals surface area (Å²) in [7, 11) is 3.32. The van der Waals surface area contributed by atoms with Crippen LogP contribution in [0, 0.1) is 0 Å². The summed E-state index contributed by atoms with van der Waals surface area (Å²) in [5, 5.41) is 2.25. The van der Waals surface area contributed by atoms with Crippen LogP contribution < -0.4 is 4.74 Å². The molecule has 128 valence electrons. The number of hydrogen-bond acceptors (Lipinski definition) is 4. The Balaban J connectivity index is 1.63. The number of ether oxygens (including phenoxy) is 3. The molecule has 5 nitrogen and oxygen atoms in total. The van der Waals surface area contributed by atoms with Gasteiger partial charge in [-0.3, -0.25) is 4.79 Å². The van der Waals surface area contributed by atoms with Crippen molar-refractivity contribution in [3.8, 4) is 5.75 Å². The van der Waals surface area contributed by atoms with Gasteiger partial charge in [0.15, 0.2) is 6.61 Å². The minimum absolute atomic E-state index is 0.0228. The van der Waals surface area contributed by atoms with E-state index in [1.165, 1.54) is 0 Å². The van der Waals surface area contributed by atoms with E-state index < -0.39 is 0 Å². The Morgan fingerprint density at radius 2 is 1.96 bits per heavy atom. The Morgan fingerprint density at radius 3 is 2.71 bits per heavy atom.